The van der Waals surface area contributed by atoms with E-state index >= 15 is 0 Å². The Morgan fingerprint density at radius 1 is 0.564 bits per heavy atom. The van der Waals surface area contributed by atoms with Gasteiger partial charge in [-0.15, -0.1) is 0 Å². The molecule has 8 heteroatoms. The second-order valence-corrected chi connectivity index (χ2v) is 10.8. The highest BCUT2D eigenvalue weighted by Crippen LogP contribution is 2.54. The molecule has 4 aromatic rings. The maximum absolute atomic E-state index is 11.8. The van der Waals surface area contributed by atoms with Gasteiger partial charge in [0.1, 0.15) is 18.2 Å². The number of fused-ring (bicyclic) bond motifs is 3. The third-order valence-corrected chi connectivity index (χ3v) is 7.59. The summed E-state index contributed by atoms with van der Waals surface area (Å²) in [6, 6.07) is 3.65. The Kier molecular flexibility index (Phi) is 6.09. The minimum atomic E-state index is -0.414. The van der Waals surface area contributed by atoms with Crippen molar-refractivity contribution in [2.24, 2.45) is 9.98 Å². The van der Waals surface area contributed by atoms with Gasteiger partial charge < -0.3 is 30.6 Å². The Labute approximate surface area is 225 Å². The first kappa shape index (κ1) is 26.2. The molecule has 0 radical (unpaired) electrons. The number of rotatable bonds is 2. The van der Waals surface area contributed by atoms with Crippen molar-refractivity contribution in [1.29, 1.82) is 0 Å². The molecule has 4 bridgehead atoms. The van der Waals surface area contributed by atoms with Gasteiger partial charge in [0.2, 0.25) is 0 Å². The lowest BCUT2D eigenvalue weighted by molar-refractivity contribution is 0.398. The molecule has 0 saturated heterocycles. The van der Waals surface area contributed by atoms with E-state index in [4.69, 9.17) is 0 Å². The highest BCUT2D eigenvalue weighted by molar-refractivity contribution is 6.15. The quantitative estimate of drug-likeness (QED) is 0.162. The number of hydrogen-bond donors (Lipinski definition) is 6. The summed E-state index contributed by atoms with van der Waals surface area (Å²) in [7, 11) is 0. The Bertz CT molecular complexity index is 1640. The summed E-state index contributed by atoms with van der Waals surface area (Å²) < 4.78 is 0. The minimum absolute atomic E-state index is 0.124. The van der Waals surface area contributed by atoms with Crippen molar-refractivity contribution in [2.45, 2.75) is 53.4 Å². The number of benzene rings is 4. The van der Waals surface area contributed by atoms with E-state index in [9.17, 15) is 30.6 Å². The van der Waals surface area contributed by atoms with Gasteiger partial charge in [-0.2, -0.15) is 0 Å². The van der Waals surface area contributed by atoms with Crippen LogP contribution in [-0.4, -0.2) is 49.7 Å². The zero-order valence-electron chi connectivity index (χ0n) is 22.7. The molecule has 0 amide bonds. The highest BCUT2D eigenvalue weighted by Gasteiger charge is 2.29. The van der Waals surface area contributed by atoms with Crippen LogP contribution in [-0.2, 0) is 0 Å². The maximum atomic E-state index is 11.8. The maximum Gasteiger partial charge on any atom is 0.167 e. The summed E-state index contributed by atoms with van der Waals surface area (Å²) in [6.45, 7) is 11.0. The molecule has 1 aliphatic heterocycles. The van der Waals surface area contributed by atoms with Crippen LogP contribution in [0, 0.1) is 13.8 Å². The SMILES string of the molecule is Cc1cc2c(C(C)C)c(O)c(O)c3c2c(O)c1-c1c(C)cc2c(C(C)C)c(O)c(O)c(c2c1O)C=NCN=C3. The van der Waals surface area contributed by atoms with Gasteiger partial charge in [-0.25, -0.2) is 0 Å². The van der Waals surface area contributed by atoms with Gasteiger partial charge in [-0.3, -0.25) is 9.98 Å². The lowest BCUT2D eigenvalue weighted by atomic mass is 9.83. The number of aryl methyl sites for hydroxylation is 2. The molecule has 0 spiro atoms. The van der Waals surface area contributed by atoms with Crippen LogP contribution in [0.25, 0.3) is 32.7 Å². The molecule has 0 aromatic heterocycles. The summed E-state index contributed by atoms with van der Waals surface area (Å²) >= 11 is 0. The first-order valence-corrected chi connectivity index (χ1v) is 12.9. The molecule has 0 saturated carbocycles. The first-order chi connectivity index (χ1) is 18.4. The fraction of sp³-hybridized carbons (Fsp3) is 0.290. The molecular weight excluding hydrogens is 496 g/mol. The van der Waals surface area contributed by atoms with Crippen molar-refractivity contribution in [2.75, 3.05) is 6.67 Å². The molecule has 4 aromatic carbocycles. The van der Waals surface area contributed by atoms with Gasteiger partial charge in [-0.05, 0) is 47.6 Å². The molecule has 0 atom stereocenters. The van der Waals surface area contributed by atoms with Crippen molar-refractivity contribution >= 4 is 34.0 Å². The fourth-order valence-corrected chi connectivity index (χ4v) is 5.94. The summed E-state index contributed by atoms with van der Waals surface area (Å²) in [6.07, 6.45) is 2.68. The van der Waals surface area contributed by atoms with Crippen LogP contribution >= 0.6 is 0 Å². The minimum Gasteiger partial charge on any atom is -0.507 e. The molecule has 6 N–H and O–H groups in total. The number of phenols is 6. The van der Waals surface area contributed by atoms with E-state index in [0.717, 1.165) is 0 Å². The standard InChI is InChI=1S/C31H32N2O6/c1-12(2)20-16-7-14(5)22-23-15(6)8-17-21(13(3)4)31(39)27(35)19(25(17)29(23)37)10-33-11-32-9-18(24(16)28(22)36)26(34)30(20)38/h7-10,12-13,34-39H,11H2,1-6H3. The van der Waals surface area contributed by atoms with E-state index in [1.807, 2.05) is 39.8 Å². The third kappa shape index (κ3) is 3.66. The van der Waals surface area contributed by atoms with Crippen LogP contribution < -0.4 is 0 Å². The fourth-order valence-electron chi connectivity index (χ4n) is 5.94. The summed E-state index contributed by atoms with van der Waals surface area (Å²) in [5, 5.41) is 69.2. The summed E-state index contributed by atoms with van der Waals surface area (Å²) in [4.78, 5) is 8.55. The Morgan fingerprint density at radius 2 is 0.923 bits per heavy atom. The lowest BCUT2D eigenvalue weighted by Gasteiger charge is -2.23. The molecule has 8 nitrogen and oxygen atoms in total. The summed E-state index contributed by atoms with van der Waals surface area (Å²) in [5.41, 5.74) is 3.15. The molecule has 202 valence electrons. The van der Waals surface area contributed by atoms with Crippen molar-refractivity contribution in [3.8, 4) is 45.6 Å². The second kappa shape index (κ2) is 9.08. The van der Waals surface area contributed by atoms with Crippen LogP contribution in [0.1, 0.15) is 72.9 Å². The van der Waals surface area contributed by atoms with Crippen molar-refractivity contribution in [3.05, 3.63) is 45.5 Å². The molecule has 1 heterocycles. The normalized spacial score (nSPS) is 13.1. The predicted molar refractivity (Wildman–Crippen MR) is 155 cm³/mol. The lowest BCUT2D eigenvalue weighted by Crippen LogP contribution is -2.01. The number of aliphatic imine (C=N–C) groups is 2. The van der Waals surface area contributed by atoms with Crippen LogP contribution in [0.2, 0.25) is 0 Å². The Morgan fingerprint density at radius 3 is 1.26 bits per heavy atom. The topological polar surface area (TPSA) is 146 Å². The second-order valence-electron chi connectivity index (χ2n) is 10.8. The van der Waals surface area contributed by atoms with E-state index in [1.165, 1.54) is 12.4 Å². The molecular formula is C31H32N2O6. The number of hydrogen-bond acceptors (Lipinski definition) is 8. The zero-order chi connectivity index (χ0) is 28.5. The highest BCUT2D eigenvalue weighted by atomic mass is 16.3. The first-order valence-electron chi connectivity index (χ1n) is 12.9. The largest absolute Gasteiger partial charge is 0.507 e. The number of aromatic hydroxyl groups is 6. The summed E-state index contributed by atoms with van der Waals surface area (Å²) in [5.74, 6) is -2.12. The van der Waals surface area contributed by atoms with Crippen LogP contribution in [0.4, 0.5) is 0 Å². The third-order valence-electron chi connectivity index (χ3n) is 7.59. The van der Waals surface area contributed by atoms with E-state index < -0.39 is 11.5 Å². The van der Waals surface area contributed by atoms with Gasteiger partial charge in [0, 0.05) is 56.6 Å². The van der Waals surface area contributed by atoms with Gasteiger partial charge in [-0.1, -0.05) is 39.8 Å². The molecule has 39 heavy (non-hydrogen) atoms. The van der Waals surface area contributed by atoms with Crippen LogP contribution in [0.15, 0.2) is 22.1 Å². The number of phenolic OH excluding ortho intramolecular Hbond substituents is 6. The molecule has 1 aliphatic rings. The Balaban J connectivity index is 2.07. The Hall–Kier alpha value is -4.46. The van der Waals surface area contributed by atoms with Crippen molar-refractivity contribution in [1.82, 2.24) is 0 Å². The molecule has 5 rings (SSSR count). The monoisotopic (exact) mass is 528 g/mol. The smallest absolute Gasteiger partial charge is 0.167 e. The molecule has 0 aliphatic carbocycles. The van der Waals surface area contributed by atoms with E-state index in [0.29, 0.717) is 44.2 Å². The van der Waals surface area contributed by atoms with E-state index in [1.54, 1.807) is 13.8 Å². The predicted octanol–water partition coefficient (Wildman–Crippen LogP) is 6.57. The van der Waals surface area contributed by atoms with Gasteiger partial charge in [0.15, 0.2) is 23.0 Å². The molecule has 0 unspecified atom stereocenters. The number of nitrogens with zero attached hydrogens (tertiary/aromatic N) is 2. The van der Waals surface area contributed by atoms with Crippen LogP contribution in [0.5, 0.6) is 34.5 Å². The van der Waals surface area contributed by atoms with Gasteiger partial charge in [0.05, 0.1) is 0 Å². The zero-order valence-corrected chi connectivity index (χ0v) is 22.7. The van der Waals surface area contributed by atoms with Crippen LogP contribution in [0.3, 0.4) is 0 Å². The van der Waals surface area contributed by atoms with E-state index in [2.05, 4.69) is 9.98 Å². The average Bonchev–Trinajstić information content (AvgIpc) is 2.85. The average molecular weight is 529 g/mol. The van der Waals surface area contributed by atoms with Crippen molar-refractivity contribution in [3.63, 3.8) is 0 Å². The van der Waals surface area contributed by atoms with Gasteiger partial charge >= 0.3 is 0 Å². The van der Waals surface area contributed by atoms with Gasteiger partial charge in [0.25, 0.3) is 0 Å². The van der Waals surface area contributed by atoms with Crippen molar-refractivity contribution < 1.29 is 30.6 Å². The molecule has 0 fully saturated rings. The van der Waals surface area contributed by atoms with E-state index in [-0.39, 0.29) is 63.4 Å².